The molecule has 1 unspecified atom stereocenters. The van der Waals surface area contributed by atoms with Gasteiger partial charge in [-0.25, -0.2) is 0 Å². The fourth-order valence-corrected chi connectivity index (χ4v) is 2.30. The van der Waals surface area contributed by atoms with Crippen LogP contribution in [-0.2, 0) is 0 Å². The Labute approximate surface area is 114 Å². The molecule has 0 bridgehead atoms. The Bertz CT molecular complexity index is 543. The van der Waals surface area contributed by atoms with E-state index in [4.69, 9.17) is 5.73 Å². The van der Waals surface area contributed by atoms with Gasteiger partial charge in [0.1, 0.15) is 0 Å². The lowest BCUT2D eigenvalue weighted by Gasteiger charge is -2.30. The number of hydrogen-bond donors (Lipinski definition) is 3. The molecule has 100 valence electrons. The first-order chi connectivity index (χ1) is 8.99. The SMILES string of the molecule is C=C1CCC(NC(=C)c2cccc(N)c2C)C(=C)N1. The quantitative estimate of drug-likeness (QED) is 0.728. The molecule has 1 fully saturated rings. The fraction of sp³-hybridized carbons (Fsp3) is 0.250. The summed E-state index contributed by atoms with van der Waals surface area (Å²) in [5.41, 5.74) is 11.7. The third-order valence-corrected chi connectivity index (χ3v) is 3.54. The lowest BCUT2D eigenvalue weighted by atomic mass is 9.99. The number of benzene rings is 1. The average Bonchev–Trinajstić information content (AvgIpc) is 2.36. The molecular formula is C16H21N3. The number of nitrogens with one attached hydrogen (secondary N) is 2. The number of anilines is 1. The summed E-state index contributed by atoms with van der Waals surface area (Å²) in [5, 5.41) is 6.62. The topological polar surface area (TPSA) is 50.1 Å². The van der Waals surface area contributed by atoms with Crippen LogP contribution >= 0.6 is 0 Å². The van der Waals surface area contributed by atoms with Crippen molar-refractivity contribution in [2.75, 3.05) is 5.73 Å². The minimum absolute atomic E-state index is 0.179. The third kappa shape index (κ3) is 2.81. The van der Waals surface area contributed by atoms with E-state index in [-0.39, 0.29) is 6.04 Å². The summed E-state index contributed by atoms with van der Waals surface area (Å²) in [4.78, 5) is 0. The Morgan fingerprint density at radius 3 is 2.84 bits per heavy atom. The highest BCUT2D eigenvalue weighted by molar-refractivity contribution is 5.70. The summed E-state index contributed by atoms with van der Waals surface area (Å²) < 4.78 is 0. The lowest BCUT2D eigenvalue weighted by Crippen LogP contribution is -2.38. The van der Waals surface area contributed by atoms with E-state index >= 15 is 0 Å². The second-order valence-corrected chi connectivity index (χ2v) is 4.99. The second kappa shape index (κ2) is 5.22. The average molecular weight is 255 g/mol. The summed E-state index contributed by atoms with van der Waals surface area (Å²) in [6.45, 7) is 14.1. The van der Waals surface area contributed by atoms with Crippen molar-refractivity contribution >= 4 is 11.4 Å². The molecular weight excluding hydrogens is 234 g/mol. The van der Waals surface area contributed by atoms with Crippen LogP contribution in [0.15, 0.2) is 49.3 Å². The first-order valence-corrected chi connectivity index (χ1v) is 6.43. The number of rotatable bonds is 3. The van der Waals surface area contributed by atoms with Crippen molar-refractivity contribution in [1.29, 1.82) is 0 Å². The third-order valence-electron chi connectivity index (χ3n) is 3.54. The van der Waals surface area contributed by atoms with Gasteiger partial charge in [-0.1, -0.05) is 31.9 Å². The number of nitrogens with two attached hydrogens (primary N) is 1. The lowest BCUT2D eigenvalue weighted by molar-refractivity contribution is 0.539. The molecule has 1 aliphatic heterocycles. The molecule has 0 aliphatic carbocycles. The monoisotopic (exact) mass is 255 g/mol. The molecule has 1 saturated heterocycles. The van der Waals surface area contributed by atoms with Crippen LogP contribution in [0.3, 0.4) is 0 Å². The summed E-state index contributed by atoms with van der Waals surface area (Å²) in [5.74, 6) is 0. The van der Waals surface area contributed by atoms with Crippen molar-refractivity contribution in [3.8, 4) is 0 Å². The van der Waals surface area contributed by atoms with Gasteiger partial charge in [-0.3, -0.25) is 0 Å². The van der Waals surface area contributed by atoms with Gasteiger partial charge in [-0.2, -0.15) is 0 Å². The predicted octanol–water partition coefficient (Wildman–Crippen LogP) is 2.92. The van der Waals surface area contributed by atoms with Crippen LogP contribution in [0.4, 0.5) is 5.69 Å². The van der Waals surface area contributed by atoms with Gasteiger partial charge in [0.25, 0.3) is 0 Å². The molecule has 0 amide bonds. The molecule has 1 aliphatic rings. The molecule has 19 heavy (non-hydrogen) atoms. The van der Waals surface area contributed by atoms with E-state index in [1.807, 2.05) is 25.1 Å². The summed E-state index contributed by atoms with van der Waals surface area (Å²) in [7, 11) is 0. The predicted molar refractivity (Wildman–Crippen MR) is 82.2 cm³/mol. The number of nitrogen functional groups attached to an aromatic ring is 1. The molecule has 0 spiro atoms. The van der Waals surface area contributed by atoms with Crippen molar-refractivity contribution in [2.24, 2.45) is 0 Å². The Balaban J connectivity index is 2.11. The van der Waals surface area contributed by atoms with Gasteiger partial charge in [0.05, 0.1) is 6.04 Å². The van der Waals surface area contributed by atoms with E-state index in [2.05, 4.69) is 30.4 Å². The minimum Gasteiger partial charge on any atom is -0.398 e. The Morgan fingerprint density at radius 2 is 2.16 bits per heavy atom. The zero-order valence-electron chi connectivity index (χ0n) is 11.4. The van der Waals surface area contributed by atoms with E-state index in [1.165, 1.54) is 0 Å². The van der Waals surface area contributed by atoms with Crippen molar-refractivity contribution in [2.45, 2.75) is 25.8 Å². The molecule has 1 aromatic carbocycles. The van der Waals surface area contributed by atoms with Crippen LogP contribution in [0.25, 0.3) is 5.70 Å². The van der Waals surface area contributed by atoms with E-state index in [0.717, 1.165) is 46.7 Å². The van der Waals surface area contributed by atoms with Crippen LogP contribution in [0.1, 0.15) is 24.0 Å². The van der Waals surface area contributed by atoms with Crippen molar-refractivity contribution in [3.05, 3.63) is 60.5 Å². The van der Waals surface area contributed by atoms with Gasteiger partial charge in [0, 0.05) is 28.3 Å². The zero-order valence-corrected chi connectivity index (χ0v) is 11.4. The van der Waals surface area contributed by atoms with Crippen LogP contribution in [0.5, 0.6) is 0 Å². The molecule has 2 rings (SSSR count). The highest BCUT2D eigenvalue weighted by atomic mass is 15.0. The van der Waals surface area contributed by atoms with Gasteiger partial charge in [-0.05, 0) is 31.4 Å². The van der Waals surface area contributed by atoms with Gasteiger partial charge in [0.2, 0.25) is 0 Å². The van der Waals surface area contributed by atoms with Crippen LogP contribution in [0.2, 0.25) is 0 Å². The first-order valence-electron chi connectivity index (χ1n) is 6.43. The highest BCUT2D eigenvalue weighted by Gasteiger charge is 2.19. The maximum absolute atomic E-state index is 5.93. The van der Waals surface area contributed by atoms with Crippen molar-refractivity contribution in [1.82, 2.24) is 10.6 Å². The van der Waals surface area contributed by atoms with Crippen LogP contribution in [-0.4, -0.2) is 6.04 Å². The van der Waals surface area contributed by atoms with Crippen LogP contribution < -0.4 is 16.4 Å². The fourth-order valence-electron chi connectivity index (χ4n) is 2.30. The van der Waals surface area contributed by atoms with Crippen molar-refractivity contribution in [3.63, 3.8) is 0 Å². The van der Waals surface area contributed by atoms with Crippen molar-refractivity contribution < 1.29 is 0 Å². The number of piperidine rings is 1. The summed E-state index contributed by atoms with van der Waals surface area (Å²) >= 11 is 0. The smallest absolute Gasteiger partial charge is 0.0660 e. The van der Waals surface area contributed by atoms with Gasteiger partial charge in [-0.15, -0.1) is 0 Å². The van der Waals surface area contributed by atoms with E-state index in [0.29, 0.717) is 0 Å². The molecule has 0 saturated carbocycles. The van der Waals surface area contributed by atoms with E-state index in [9.17, 15) is 0 Å². The standard InChI is InChI=1S/C16H21N3/c1-10-8-9-16(13(4)18-10)19-12(3)14-6-5-7-15(17)11(14)2/h5-7,16,18-19H,1,3-4,8-9,17H2,2H3. The largest absolute Gasteiger partial charge is 0.398 e. The number of allylic oxidation sites excluding steroid dienone is 1. The molecule has 0 radical (unpaired) electrons. The summed E-state index contributed by atoms with van der Waals surface area (Å²) in [6.07, 6.45) is 1.92. The van der Waals surface area contributed by atoms with Gasteiger partial charge in [0.15, 0.2) is 0 Å². The molecule has 1 aromatic rings. The first kappa shape index (κ1) is 13.3. The maximum Gasteiger partial charge on any atom is 0.0660 e. The van der Waals surface area contributed by atoms with Gasteiger partial charge < -0.3 is 16.4 Å². The number of hydrogen-bond acceptors (Lipinski definition) is 3. The molecule has 0 aromatic heterocycles. The zero-order chi connectivity index (χ0) is 14.0. The molecule has 3 nitrogen and oxygen atoms in total. The Hall–Kier alpha value is -2.16. The molecule has 4 N–H and O–H groups in total. The summed E-state index contributed by atoms with van der Waals surface area (Å²) in [6, 6.07) is 6.05. The minimum atomic E-state index is 0.179. The van der Waals surface area contributed by atoms with Crippen LogP contribution in [0, 0.1) is 6.92 Å². The second-order valence-electron chi connectivity index (χ2n) is 4.99. The van der Waals surface area contributed by atoms with E-state index in [1.54, 1.807) is 0 Å². The maximum atomic E-state index is 5.93. The van der Waals surface area contributed by atoms with E-state index < -0.39 is 0 Å². The Kier molecular flexibility index (Phi) is 3.65. The molecule has 3 heteroatoms. The molecule has 1 heterocycles. The van der Waals surface area contributed by atoms with Gasteiger partial charge >= 0.3 is 0 Å². The Morgan fingerprint density at radius 1 is 1.42 bits per heavy atom. The highest BCUT2D eigenvalue weighted by Crippen LogP contribution is 2.23. The molecule has 1 atom stereocenters. The normalized spacial score (nSPS) is 18.9.